The predicted octanol–water partition coefficient (Wildman–Crippen LogP) is 1.10. The van der Waals surface area contributed by atoms with Crippen LogP contribution in [0.4, 0.5) is 5.69 Å². The second kappa shape index (κ2) is 8.76. The molecule has 2 aromatic rings. The van der Waals surface area contributed by atoms with Crippen LogP contribution >= 0.6 is 0 Å². The summed E-state index contributed by atoms with van der Waals surface area (Å²) in [4.78, 5) is 38.3. The average Bonchev–Trinajstić information content (AvgIpc) is 3.22. The first-order valence-electron chi connectivity index (χ1n) is 9.50. The van der Waals surface area contributed by atoms with Crippen LogP contribution in [0, 0.1) is 19.8 Å². The van der Waals surface area contributed by atoms with E-state index >= 15 is 0 Å². The van der Waals surface area contributed by atoms with Crippen LogP contribution < -0.4 is 20.5 Å². The number of nitrogens with one attached hydrogen (secondary N) is 2. The number of hydrogen-bond donors (Lipinski definition) is 2. The van der Waals surface area contributed by atoms with Gasteiger partial charge in [-0.2, -0.15) is 5.10 Å². The maximum Gasteiger partial charge on any atom is 0.260 e. The standard InChI is InChI=1S/C20H25N5O4/c1-4-29-17-7-5-16(6-8-17)24-11-15(10-19(24)27)20(28)22-21-18(26)12-25-14(3)9-13(2)23-25/h5-9,15H,4,10-12H2,1-3H3,(H,21,26)(H,22,28). The molecule has 2 N–H and O–H groups in total. The fourth-order valence-corrected chi connectivity index (χ4v) is 3.27. The number of nitrogens with zero attached hydrogens (tertiary/aromatic N) is 3. The van der Waals surface area contributed by atoms with Gasteiger partial charge in [-0.25, -0.2) is 0 Å². The Bertz CT molecular complexity index is 906. The molecule has 1 saturated heterocycles. The van der Waals surface area contributed by atoms with Crippen LogP contribution in [-0.4, -0.2) is 40.7 Å². The zero-order valence-electron chi connectivity index (χ0n) is 16.8. The van der Waals surface area contributed by atoms with Crippen LogP contribution in [0.1, 0.15) is 24.7 Å². The lowest BCUT2D eigenvalue weighted by atomic mass is 10.1. The molecule has 2 heterocycles. The zero-order valence-corrected chi connectivity index (χ0v) is 16.8. The van der Waals surface area contributed by atoms with E-state index in [4.69, 9.17) is 4.74 Å². The highest BCUT2D eigenvalue weighted by Gasteiger charge is 2.35. The Morgan fingerprint density at radius 2 is 1.93 bits per heavy atom. The van der Waals surface area contributed by atoms with Gasteiger partial charge < -0.3 is 9.64 Å². The van der Waals surface area contributed by atoms with Crippen LogP contribution in [0.2, 0.25) is 0 Å². The number of amides is 3. The van der Waals surface area contributed by atoms with Crippen molar-refractivity contribution in [3.8, 4) is 5.75 Å². The Morgan fingerprint density at radius 1 is 1.21 bits per heavy atom. The third-order valence-corrected chi connectivity index (χ3v) is 4.68. The smallest absolute Gasteiger partial charge is 0.260 e. The topological polar surface area (TPSA) is 106 Å². The highest BCUT2D eigenvalue weighted by atomic mass is 16.5. The monoisotopic (exact) mass is 399 g/mol. The average molecular weight is 399 g/mol. The fraction of sp³-hybridized carbons (Fsp3) is 0.400. The summed E-state index contributed by atoms with van der Waals surface area (Å²) in [6.07, 6.45) is 0.0897. The molecule has 0 aliphatic carbocycles. The molecule has 9 heteroatoms. The summed E-state index contributed by atoms with van der Waals surface area (Å²) >= 11 is 0. The Hall–Kier alpha value is -3.36. The van der Waals surface area contributed by atoms with E-state index in [0.29, 0.717) is 12.3 Å². The first-order valence-corrected chi connectivity index (χ1v) is 9.50. The van der Waals surface area contributed by atoms with Crippen molar-refractivity contribution in [1.82, 2.24) is 20.6 Å². The second-order valence-corrected chi connectivity index (χ2v) is 6.95. The highest BCUT2D eigenvalue weighted by Crippen LogP contribution is 2.26. The molecule has 154 valence electrons. The minimum atomic E-state index is -0.539. The van der Waals surface area contributed by atoms with Gasteiger partial charge in [0.15, 0.2) is 0 Å². The van der Waals surface area contributed by atoms with Crippen molar-refractivity contribution in [2.24, 2.45) is 5.92 Å². The lowest BCUT2D eigenvalue weighted by Gasteiger charge is -2.17. The summed E-state index contributed by atoms with van der Waals surface area (Å²) in [6, 6.07) is 9.03. The van der Waals surface area contributed by atoms with E-state index < -0.39 is 17.7 Å². The van der Waals surface area contributed by atoms with E-state index in [-0.39, 0.29) is 25.4 Å². The number of aromatic nitrogens is 2. The molecule has 9 nitrogen and oxygen atoms in total. The van der Waals surface area contributed by atoms with E-state index in [2.05, 4.69) is 16.0 Å². The molecule has 1 aromatic carbocycles. The molecule has 1 fully saturated rings. The minimum Gasteiger partial charge on any atom is -0.494 e. The van der Waals surface area contributed by atoms with E-state index in [0.717, 1.165) is 17.1 Å². The maximum absolute atomic E-state index is 12.4. The number of benzene rings is 1. The Labute approximate surface area is 169 Å². The summed E-state index contributed by atoms with van der Waals surface area (Å²) in [7, 11) is 0. The van der Waals surface area contributed by atoms with Gasteiger partial charge in [0.1, 0.15) is 12.3 Å². The van der Waals surface area contributed by atoms with Crippen LogP contribution in [0.25, 0.3) is 0 Å². The molecule has 0 bridgehead atoms. The van der Waals surface area contributed by atoms with Gasteiger partial charge in [-0.15, -0.1) is 0 Å². The molecule has 0 saturated carbocycles. The Balaban J connectivity index is 1.52. The summed E-state index contributed by atoms with van der Waals surface area (Å²) in [6.45, 7) is 6.42. The van der Waals surface area contributed by atoms with Crippen LogP contribution in [-0.2, 0) is 20.9 Å². The molecule has 1 aliphatic heterocycles. The molecular formula is C20H25N5O4. The number of hydrogen-bond acceptors (Lipinski definition) is 5. The number of anilines is 1. The molecule has 1 aromatic heterocycles. The van der Waals surface area contributed by atoms with E-state index in [1.54, 1.807) is 33.8 Å². The quantitative estimate of drug-likeness (QED) is 0.708. The molecule has 0 radical (unpaired) electrons. The number of aryl methyl sites for hydroxylation is 2. The lowest BCUT2D eigenvalue weighted by Crippen LogP contribution is -2.46. The van der Waals surface area contributed by atoms with Gasteiger partial charge in [0.2, 0.25) is 11.8 Å². The lowest BCUT2D eigenvalue weighted by molar-refractivity contribution is -0.131. The van der Waals surface area contributed by atoms with E-state index in [1.165, 1.54) is 0 Å². The van der Waals surface area contributed by atoms with Gasteiger partial charge in [-0.05, 0) is 51.1 Å². The minimum absolute atomic E-state index is 0.00184. The van der Waals surface area contributed by atoms with Crippen molar-refractivity contribution >= 4 is 23.4 Å². The first kappa shape index (κ1) is 20.4. The predicted molar refractivity (Wildman–Crippen MR) is 106 cm³/mol. The SMILES string of the molecule is CCOc1ccc(N2CC(C(=O)NNC(=O)Cn3nc(C)cc3C)CC2=O)cc1. The molecule has 1 atom stereocenters. The summed E-state index contributed by atoms with van der Waals surface area (Å²) in [5, 5.41) is 4.21. The Kier molecular flexibility index (Phi) is 6.16. The number of ether oxygens (including phenoxy) is 1. The number of hydrazine groups is 1. The molecule has 0 spiro atoms. The first-order chi connectivity index (χ1) is 13.9. The maximum atomic E-state index is 12.4. The number of rotatable bonds is 6. The number of carbonyl (C=O) groups is 3. The molecule has 29 heavy (non-hydrogen) atoms. The van der Waals surface area contributed by atoms with Gasteiger partial charge in [-0.1, -0.05) is 0 Å². The van der Waals surface area contributed by atoms with Crippen LogP contribution in [0.5, 0.6) is 5.75 Å². The summed E-state index contributed by atoms with van der Waals surface area (Å²) in [5.41, 5.74) is 7.19. The third-order valence-electron chi connectivity index (χ3n) is 4.68. The number of carbonyl (C=O) groups excluding carboxylic acids is 3. The molecule has 1 unspecified atom stereocenters. The molecular weight excluding hydrogens is 374 g/mol. The van der Waals surface area contributed by atoms with Gasteiger partial charge in [0.25, 0.3) is 5.91 Å². The van der Waals surface area contributed by atoms with Crippen molar-refractivity contribution in [1.29, 1.82) is 0 Å². The zero-order chi connectivity index (χ0) is 21.0. The van der Waals surface area contributed by atoms with E-state index in [1.807, 2.05) is 26.8 Å². The van der Waals surface area contributed by atoms with Gasteiger partial charge >= 0.3 is 0 Å². The van der Waals surface area contributed by atoms with Gasteiger partial charge in [0, 0.05) is 24.3 Å². The van der Waals surface area contributed by atoms with Crippen molar-refractivity contribution in [3.63, 3.8) is 0 Å². The molecule has 3 rings (SSSR count). The third kappa shape index (κ3) is 4.92. The molecule has 3 amide bonds. The van der Waals surface area contributed by atoms with Gasteiger partial charge in [-0.3, -0.25) is 29.9 Å². The fourth-order valence-electron chi connectivity index (χ4n) is 3.27. The van der Waals surface area contributed by atoms with Crippen LogP contribution in [0.15, 0.2) is 30.3 Å². The largest absolute Gasteiger partial charge is 0.494 e. The van der Waals surface area contributed by atoms with Crippen molar-refractivity contribution < 1.29 is 19.1 Å². The van der Waals surface area contributed by atoms with Crippen LogP contribution in [0.3, 0.4) is 0 Å². The second-order valence-electron chi connectivity index (χ2n) is 6.95. The van der Waals surface area contributed by atoms with Crippen molar-refractivity contribution in [2.45, 2.75) is 33.7 Å². The summed E-state index contributed by atoms with van der Waals surface area (Å²) in [5.74, 6) is -0.736. The molecule has 1 aliphatic rings. The van der Waals surface area contributed by atoms with E-state index in [9.17, 15) is 14.4 Å². The highest BCUT2D eigenvalue weighted by molar-refractivity contribution is 6.00. The summed E-state index contributed by atoms with van der Waals surface area (Å²) < 4.78 is 6.96. The van der Waals surface area contributed by atoms with Gasteiger partial charge in [0.05, 0.1) is 18.2 Å². The van der Waals surface area contributed by atoms with Crippen molar-refractivity contribution in [3.05, 3.63) is 41.7 Å². The van der Waals surface area contributed by atoms with Crippen molar-refractivity contribution in [2.75, 3.05) is 18.1 Å². The normalized spacial score (nSPS) is 16.0. The Morgan fingerprint density at radius 3 is 2.55 bits per heavy atom.